The predicted octanol–water partition coefficient (Wildman–Crippen LogP) is 3.84. The fourth-order valence-electron chi connectivity index (χ4n) is 5.67. The minimum Gasteiger partial charge on any atom is -0.381 e. The molecule has 194 valence electrons. The highest BCUT2D eigenvalue weighted by Gasteiger charge is 2.39. The Morgan fingerprint density at radius 1 is 1.08 bits per heavy atom. The number of nitrogens with one attached hydrogen (secondary N) is 1. The Bertz CT molecular complexity index is 1210. The van der Waals surface area contributed by atoms with Crippen LogP contribution in [0, 0.1) is 16.0 Å². The molecule has 3 aliphatic rings. The highest BCUT2D eigenvalue weighted by Crippen LogP contribution is 2.42. The van der Waals surface area contributed by atoms with Crippen LogP contribution in [0.15, 0.2) is 48.5 Å². The molecule has 2 heterocycles. The van der Waals surface area contributed by atoms with Gasteiger partial charge in [-0.2, -0.15) is 0 Å². The number of nitro benzene ring substituents is 1. The minimum atomic E-state index is -0.517. The number of hydrogen-bond donors (Lipinski definition) is 1. The lowest BCUT2D eigenvalue weighted by atomic mass is 9.85. The molecule has 0 unspecified atom stereocenters. The van der Waals surface area contributed by atoms with Crippen molar-refractivity contribution in [2.45, 2.75) is 38.6 Å². The van der Waals surface area contributed by atoms with Gasteiger partial charge in [0, 0.05) is 50.3 Å². The SMILES string of the molecule is CC(=O)N1C(=O)/C(=C(\NC2CCC(CN3CCOCC3)CC2)c2ccccc2)c2ccc([N+](=O)[O-])cc21. The molecule has 1 saturated heterocycles. The number of ether oxygens (including phenoxy) is 1. The fraction of sp³-hybridized carbons (Fsp3) is 0.429. The van der Waals surface area contributed by atoms with Crippen LogP contribution >= 0.6 is 0 Å². The molecule has 0 aromatic heterocycles. The Labute approximate surface area is 216 Å². The molecular formula is C28H32N4O5. The van der Waals surface area contributed by atoms with E-state index in [0.717, 1.165) is 69.0 Å². The monoisotopic (exact) mass is 504 g/mol. The van der Waals surface area contributed by atoms with Crippen molar-refractivity contribution >= 4 is 34.5 Å². The van der Waals surface area contributed by atoms with Gasteiger partial charge in [0.2, 0.25) is 5.91 Å². The zero-order chi connectivity index (χ0) is 25.9. The molecule has 0 bridgehead atoms. The maximum absolute atomic E-state index is 13.6. The Kier molecular flexibility index (Phi) is 7.34. The lowest BCUT2D eigenvalue weighted by molar-refractivity contribution is -0.384. The van der Waals surface area contributed by atoms with E-state index in [1.807, 2.05) is 30.3 Å². The number of nitrogens with zero attached hydrogens (tertiary/aromatic N) is 3. The third-order valence-corrected chi connectivity index (χ3v) is 7.56. The second-order valence-corrected chi connectivity index (χ2v) is 10.0. The lowest BCUT2D eigenvalue weighted by Gasteiger charge is -2.35. The summed E-state index contributed by atoms with van der Waals surface area (Å²) in [7, 11) is 0. The van der Waals surface area contributed by atoms with Gasteiger partial charge in [-0.05, 0) is 43.2 Å². The first-order chi connectivity index (χ1) is 17.9. The molecule has 0 radical (unpaired) electrons. The molecule has 9 heteroatoms. The van der Waals surface area contributed by atoms with Crippen LogP contribution < -0.4 is 10.2 Å². The molecule has 1 N–H and O–H groups in total. The van der Waals surface area contributed by atoms with E-state index in [1.165, 1.54) is 19.1 Å². The first kappa shape index (κ1) is 25.1. The third-order valence-electron chi connectivity index (χ3n) is 7.56. The van der Waals surface area contributed by atoms with Crippen LogP contribution in [0.5, 0.6) is 0 Å². The molecular weight excluding hydrogens is 472 g/mol. The summed E-state index contributed by atoms with van der Waals surface area (Å²) in [5.74, 6) is -0.292. The number of carbonyl (C=O) groups excluding carboxylic acids is 2. The molecule has 1 saturated carbocycles. The predicted molar refractivity (Wildman–Crippen MR) is 141 cm³/mol. The topological polar surface area (TPSA) is 105 Å². The summed E-state index contributed by atoms with van der Waals surface area (Å²) in [4.78, 5) is 40.5. The van der Waals surface area contributed by atoms with E-state index in [2.05, 4.69) is 10.2 Å². The van der Waals surface area contributed by atoms with E-state index in [0.29, 0.717) is 22.8 Å². The van der Waals surface area contributed by atoms with Crippen LogP contribution in [0.25, 0.3) is 11.3 Å². The van der Waals surface area contributed by atoms with Crippen LogP contribution in [-0.2, 0) is 14.3 Å². The molecule has 2 aromatic rings. The van der Waals surface area contributed by atoms with Crippen molar-refractivity contribution in [3.8, 4) is 0 Å². The number of anilines is 1. The number of rotatable bonds is 6. The van der Waals surface area contributed by atoms with Crippen molar-refractivity contribution < 1.29 is 19.2 Å². The maximum Gasteiger partial charge on any atom is 0.271 e. The Hall–Kier alpha value is -3.56. The molecule has 2 fully saturated rings. The largest absolute Gasteiger partial charge is 0.381 e. The van der Waals surface area contributed by atoms with Gasteiger partial charge in [-0.3, -0.25) is 24.6 Å². The van der Waals surface area contributed by atoms with Gasteiger partial charge in [-0.1, -0.05) is 30.3 Å². The number of non-ortho nitro benzene ring substituents is 1. The molecule has 0 spiro atoms. The van der Waals surface area contributed by atoms with Crippen molar-refractivity contribution in [3.63, 3.8) is 0 Å². The van der Waals surface area contributed by atoms with Crippen molar-refractivity contribution in [2.75, 3.05) is 37.7 Å². The summed E-state index contributed by atoms with van der Waals surface area (Å²) in [5.41, 5.74) is 2.51. The quantitative estimate of drug-likeness (QED) is 0.362. The molecule has 9 nitrogen and oxygen atoms in total. The summed E-state index contributed by atoms with van der Waals surface area (Å²) >= 11 is 0. The van der Waals surface area contributed by atoms with Crippen LogP contribution in [0.3, 0.4) is 0 Å². The van der Waals surface area contributed by atoms with Gasteiger partial charge in [0.05, 0.1) is 35.1 Å². The first-order valence-electron chi connectivity index (χ1n) is 12.9. The summed E-state index contributed by atoms with van der Waals surface area (Å²) < 4.78 is 5.47. The van der Waals surface area contributed by atoms with E-state index in [9.17, 15) is 19.7 Å². The minimum absolute atomic E-state index is 0.160. The van der Waals surface area contributed by atoms with Gasteiger partial charge < -0.3 is 10.1 Å². The molecule has 2 aromatic carbocycles. The Morgan fingerprint density at radius 3 is 2.43 bits per heavy atom. The van der Waals surface area contributed by atoms with Gasteiger partial charge >= 0.3 is 0 Å². The molecule has 1 aliphatic carbocycles. The average Bonchev–Trinajstić information content (AvgIpc) is 3.20. The van der Waals surface area contributed by atoms with Gasteiger partial charge in [0.1, 0.15) is 0 Å². The van der Waals surface area contributed by atoms with Crippen molar-refractivity contribution in [1.29, 1.82) is 0 Å². The zero-order valence-electron chi connectivity index (χ0n) is 21.0. The van der Waals surface area contributed by atoms with Crippen molar-refractivity contribution in [2.24, 2.45) is 5.92 Å². The van der Waals surface area contributed by atoms with Crippen LogP contribution in [0.2, 0.25) is 0 Å². The van der Waals surface area contributed by atoms with Gasteiger partial charge in [-0.25, -0.2) is 4.90 Å². The van der Waals surface area contributed by atoms with Gasteiger partial charge in [-0.15, -0.1) is 0 Å². The summed E-state index contributed by atoms with van der Waals surface area (Å²) in [5, 5.41) is 15.1. The first-order valence-corrected chi connectivity index (χ1v) is 12.9. The van der Waals surface area contributed by atoms with Crippen LogP contribution in [0.4, 0.5) is 11.4 Å². The standard InChI is InChI=1S/C28H32N4O5/c1-19(33)31-25-17-23(32(35)36)11-12-24(25)26(28(31)34)27(21-5-3-2-4-6-21)29-22-9-7-20(8-10-22)18-30-13-15-37-16-14-30/h2-6,11-12,17,20,22,29H,7-10,13-16,18H2,1H3/b27-26-. The number of hydrogen-bond acceptors (Lipinski definition) is 7. The molecule has 2 aliphatic heterocycles. The number of morpholine rings is 1. The summed E-state index contributed by atoms with van der Waals surface area (Å²) in [6.45, 7) is 6.00. The number of nitro groups is 1. The second kappa shape index (κ2) is 10.8. The normalized spacial score (nSPS) is 23.5. The van der Waals surface area contributed by atoms with E-state index < -0.39 is 16.7 Å². The smallest absolute Gasteiger partial charge is 0.271 e. The highest BCUT2D eigenvalue weighted by atomic mass is 16.6. The number of imide groups is 1. The molecule has 0 atom stereocenters. The van der Waals surface area contributed by atoms with Crippen LogP contribution in [-0.4, -0.2) is 60.5 Å². The second-order valence-electron chi connectivity index (χ2n) is 10.0. The summed E-state index contributed by atoms with van der Waals surface area (Å²) in [6.07, 6.45) is 4.16. The van der Waals surface area contributed by atoms with Crippen LogP contribution in [0.1, 0.15) is 43.7 Å². The van der Waals surface area contributed by atoms with E-state index >= 15 is 0 Å². The highest BCUT2D eigenvalue weighted by molar-refractivity contribution is 6.43. The summed E-state index contributed by atoms with van der Waals surface area (Å²) in [6, 6.07) is 14.1. The number of amides is 2. The van der Waals surface area contributed by atoms with E-state index in [-0.39, 0.29) is 17.4 Å². The molecule has 5 rings (SSSR count). The Balaban J connectivity index is 1.44. The molecule has 2 amide bonds. The lowest BCUT2D eigenvalue weighted by Crippen LogP contribution is -2.41. The maximum atomic E-state index is 13.6. The van der Waals surface area contributed by atoms with Crippen molar-refractivity contribution in [1.82, 2.24) is 10.2 Å². The number of carbonyl (C=O) groups is 2. The third kappa shape index (κ3) is 5.28. The number of benzene rings is 2. The van der Waals surface area contributed by atoms with E-state index in [1.54, 1.807) is 6.07 Å². The average molecular weight is 505 g/mol. The zero-order valence-corrected chi connectivity index (χ0v) is 21.0. The van der Waals surface area contributed by atoms with E-state index in [4.69, 9.17) is 4.74 Å². The number of fused-ring (bicyclic) bond motifs is 1. The Morgan fingerprint density at radius 2 is 1.78 bits per heavy atom. The fourth-order valence-corrected chi connectivity index (χ4v) is 5.67. The van der Waals surface area contributed by atoms with Crippen molar-refractivity contribution in [3.05, 3.63) is 69.8 Å². The molecule has 37 heavy (non-hydrogen) atoms. The van der Waals surface area contributed by atoms with Gasteiger partial charge in [0.15, 0.2) is 0 Å². The van der Waals surface area contributed by atoms with Gasteiger partial charge in [0.25, 0.3) is 11.6 Å².